The first-order valence-electron chi connectivity index (χ1n) is 8.97. The number of aromatic hydroxyl groups is 1. The first-order chi connectivity index (χ1) is 13.0. The molecule has 1 aliphatic rings. The molecular formula is C19H22N6O2. The van der Waals surface area contributed by atoms with Gasteiger partial charge in [-0.2, -0.15) is 5.10 Å². The minimum atomic E-state index is -0.161. The number of benzene rings is 1. The molecule has 1 aliphatic carbocycles. The van der Waals surface area contributed by atoms with Crippen molar-refractivity contribution in [3.63, 3.8) is 0 Å². The van der Waals surface area contributed by atoms with Gasteiger partial charge < -0.3 is 15.0 Å². The lowest BCUT2D eigenvalue weighted by molar-refractivity contribution is 0.0906. The van der Waals surface area contributed by atoms with Crippen LogP contribution in [0.2, 0.25) is 0 Å². The molecule has 0 atom stereocenters. The summed E-state index contributed by atoms with van der Waals surface area (Å²) < 4.78 is 3.83. The van der Waals surface area contributed by atoms with E-state index in [0.29, 0.717) is 12.1 Å². The first-order valence-corrected chi connectivity index (χ1v) is 8.97. The molecule has 3 aromatic rings. The summed E-state index contributed by atoms with van der Waals surface area (Å²) in [7, 11) is 1.97. The smallest absolute Gasteiger partial charge is 0.251 e. The van der Waals surface area contributed by atoms with Crippen molar-refractivity contribution in [2.75, 3.05) is 0 Å². The van der Waals surface area contributed by atoms with E-state index in [9.17, 15) is 9.90 Å². The van der Waals surface area contributed by atoms with Gasteiger partial charge in [0.25, 0.3) is 5.91 Å². The number of hydrogen-bond donors (Lipinski definition) is 2. The van der Waals surface area contributed by atoms with Crippen molar-refractivity contribution in [3.8, 4) is 5.75 Å². The third-order valence-corrected chi connectivity index (χ3v) is 5.17. The fourth-order valence-electron chi connectivity index (χ4n) is 3.37. The van der Waals surface area contributed by atoms with Crippen LogP contribution in [0.1, 0.15) is 46.3 Å². The summed E-state index contributed by atoms with van der Waals surface area (Å²) >= 11 is 0. The van der Waals surface area contributed by atoms with Crippen molar-refractivity contribution in [3.05, 3.63) is 59.4 Å². The molecule has 0 aliphatic heterocycles. The second-order valence-electron chi connectivity index (χ2n) is 7.08. The number of rotatable bonds is 5. The van der Waals surface area contributed by atoms with E-state index in [-0.39, 0.29) is 23.6 Å². The van der Waals surface area contributed by atoms with E-state index in [1.807, 2.05) is 28.6 Å². The third-order valence-electron chi connectivity index (χ3n) is 5.17. The van der Waals surface area contributed by atoms with Crippen molar-refractivity contribution in [2.24, 2.45) is 7.05 Å². The molecule has 1 fully saturated rings. The van der Waals surface area contributed by atoms with Gasteiger partial charge in [-0.25, -0.2) is 0 Å². The van der Waals surface area contributed by atoms with Gasteiger partial charge in [-0.05, 0) is 43.5 Å². The van der Waals surface area contributed by atoms with Gasteiger partial charge in [-0.15, -0.1) is 10.2 Å². The Kier molecular flexibility index (Phi) is 4.39. The Labute approximate surface area is 156 Å². The van der Waals surface area contributed by atoms with Crippen LogP contribution in [0.4, 0.5) is 0 Å². The molecule has 4 rings (SSSR count). The largest absolute Gasteiger partial charge is 0.508 e. The topological polar surface area (TPSA) is 97.9 Å². The minimum absolute atomic E-state index is 0.109. The number of aromatic nitrogens is 5. The van der Waals surface area contributed by atoms with Gasteiger partial charge in [0.15, 0.2) is 5.82 Å². The zero-order chi connectivity index (χ0) is 19.0. The fourth-order valence-corrected chi connectivity index (χ4v) is 3.37. The summed E-state index contributed by atoms with van der Waals surface area (Å²) in [6.07, 6.45) is 5.30. The molecule has 0 saturated heterocycles. The summed E-state index contributed by atoms with van der Waals surface area (Å²) in [6.45, 7) is 2.38. The van der Waals surface area contributed by atoms with E-state index in [4.69, 9.17) is 0 Å². The number of aryl methyl sites for hydroxylation is 1. The molecule has 2 N–H and O–H groups in total. The van der Waals surface area contributed by atoms with Gasteiger partial charge >= 0.3 is 0 Å². The Morgan fingerprint density at radius 2 is 2.15 bits per heavy atom. The summed E-state index contributed by atoms with van der Waals surface area (Å²) in [6, 6.07) is 6.96. The zero-order valence-corrected chi connectivity index (χ0v) is 15.3. The molecule has 1 saturated carbocycles. The second kappa shape index (κ2) is 6.86. The number of carbonyl (C=O) groups excluding carboxylic acids is 1. The highest BCUT2D eigenvalue weighted by Gasteiger charge is 2.35. The lowest BCUT2D eigenvalue weighted by atomic mass is 9.79. The Hall–Kier alpha value is -3.16. The average molecular weight is 366 g/mol. The summed E-state index contributed by atoms with van der Waals surface area (Å²) in [5.41, 5.74) is 1.23. The Balaban J connectivity index is 1.35. The maximum atomic E-state index is 12.3. The fraction of sp³-hybridized carbons (Fsp3) is 0.368. The minimum Gasteiger partial charge on any atom is -0.508 e. The normalized spacial score (nSPS) is 18.9. The van der Waals surface area contributed by atoms with Crippen molar-refractivity contribution in [1.82, 2.24) is 29.9 Å². The summed E-state index contributed by atoms with van der Waals surface area (Å²) in [4.78, 5) is 12.3. The highest BCUT2D eigenvalue weighted by Crippen LogP contribution is 2.36. The standard InChI is InChI=1S/C19H22N6O2/c1-12-4-5-13(10-16(12)26)19(27)21-15-8-14(9-15)18-23-22-17(24(18)2)11-25-7-3-6-20-25/h3-7,10,14-15,26H,8-9,11H2,1-2H3,(H,21,27). The van der Waals surface area contributed by atoms with Crippen LogP contribution in [0, 0.1) is 6.92 Å². The summed E-state index contributed by atoms with van der Waals surface area (Å²) in [5.74, 6) is 2.06. The molecule has 0 radical (unpaired) electrons. The molecule has 0 spiro atoms. The van der Waals surface area contributed by atoms with Crippen LogP contribution >= 0.6 is 0 Å². The van der Waals surface area contributed by atoms with E-state index in [1.165, 1.54) is 6.07 Å². The lowest BCUT2D eigenvalue weighted by Gasteiger charge is -2.35. The Bertz CT molecular complexity index is 957. The van der Waals surface area contributed by atoms with E-state index in [2.05, 4.69) is 20.6 Å². The molecule has 0 unspecified atom stereocenters. The zero-order valence-electron chi connectivity index (χ0n) is 15.3. The summed E-state index contributed by atoms with van der Waals surface area (Å²) in [5, 5.41) is 25.6. The molecular weight excluding hydrogens is 344 g/mol. The molecule has 1 aromatic carbocycles. The van der Waals surface area contributed by atoms with Crippen molar-refractivity contribution in [1.29, 1.82) is 0 Å². The maximum absolute atomic E-state index is 12.3. The maximum Gasteiger partial charge on any atom is 0.251 e. The molecule has 27 heavy (non-hydrogen) atoms. The SMILES string of the molecule is Cc1ccc(C(=O)NC2CC(c3nnc(Cn4cccn4)n3C)C2)cc1O. The van der Waals surface area contributed by atoms with E-state index in [1.54, 1.807) is 25.3 Å². The molecule has 2 heterocycles. The number of hydrogen-bond acceptors (Lipinski definition) is 5. The molecule has 2 aromatic heterocycles. The lowest BCUT2D eigenvalue weighted by Crippen LogP contribution is -2.44. The van der Waals surface area contributed by atoms with Gasteiger partial charge in [-0.1, -0.05) is 6.07 Å². The number of phenolic OH excluding ortho intramolecular Hbond substituents is 1. The van der Waals surface area contributed by atoms with Crippen molar-refractivity contribution < 1.29 is 9.90 Å². The van der Waals surface area contributed by atoms with Crippen LogP contribution in [0.25, 0.3) is 0 Å². The molecule has 8 heteroatoms. The van der Waals surface area contributed by atoms with Crippen LogP contribution in [0.15, 0.2) is 36.7 Å². The van der Waals surface area contributed by atoms with Gasteiger partial charge in [0.05, 0.1) is 0 Å². The van der Waals surface area contributed by atoms with Crippen LogP contribution in [-0.2, 0) is 13.6 Å². The molecule has 0 bridgehead atoms. The Morgan fingerprint density at radius 3 is 2.85 bits per heavy atom. The third kappa shape index (κ3) is 3.42. The quantitative estimate of drug-likeness (QED) is 0.717. The molecule has 140 valence electrons. The van der Waals surface area contributed by atoms with Crippen LogP contribution in [0.5, 0.6) is 5.75 Å². The van der Waals surface area contributed by atoms with Gasteiger partial charge in [0, 0.05) is 37.0 Å². The van der Waals surface area contributed by atoms with Crippen LogP contribution < -0.4 is 5.32 Å². The predicted octanol–water partition coefficient (Wildman–Crippen LogP) is 1.75. The van der Waals surface area contributed by atoms with E-state index in [0.717, 1.165) is 30.1 Å². The number of carbonyl (C=O) groups is 1. The first kappa shape index (κ1) is 17.3. The number of phenols is 1. The van der Waals surface area contributed by atoms with E-state index < -0.39 is 0 Å². The molecule has 1 amide bonds. The predicted molar refractivity (Wildman–Crippen MR) is 98.4 cm³/mol. The number of amides is 1. The van der Waals surface area contributed by atoms with Crippen molar-refractivity contribution >= 4 is 5.91 Å². The Morgan fingerprint density at radius 1 is 1.33 bits per heavy atom. The highest BCUT2D eigenvalue weighted by atomic mass is 16.3. The van der Waals surface area contributed by atoms with Gasteiger partial charge in [-0.3, -0.25) is 9.48 Å². The molecule has 8 nitrogen and oxygen atoms in total. The van der Waals surface area contributed by atoms with Crippen molar-refractivity contribution in [2.45, 2.75) is 38.3 Å². The number of nitrogens with one attached hydrogen (secondary N) is 1. The average Bonchev–Trinajstić information content (AvgIpc) is 3.24. The van der Waals surface area contributed by atoms with Gasteiger partial charge in [0.2, 0.25) is 0 Å². The van der Waals surface area contributed by atoms with Gasteiger partial charge in [0.1, 0.15) is 18.1 Å². The van der Waals surface area contributed by atoms with Crippen LogP contribution in [0.3, 0.4) is 0 Å². The second-order valence-corrected chi connectivity index (χ2v) is 7.08. The highest BCUT2D eigenvalue weighted by molar-refractivity contribution is 5.95. The number of nitrogens with zero attached hydrogens (tertiary/aromatic N) is 5. The monoisotopic (exact) mass is 366 g/mol. The van der Waals surface area contributed by atoms with Crippen LogP contribution in [-0.4, -0.2) is 41.6 Å². The van der Waals surface area contributed by atoms with E-state index >= 15 is 0 Å².